The molecule has 0 atom stereocenters. The molecule has 0 bridgehead atoms. The van der Waals surface area contributed by atoms with E-state index in [2.05, 4.69) is 4.99 Å². The van der Waals surface area contributed by atoms with Gasteiger partial charge in [-0.05, 0) is 61.0 Å². The molecule has 3 aromatic carbocycles. The number of hydrogen-bond donors (Lipinski definition) is 3. The third-order valence-corrected chi connectivity index (χ3v) is 5.34. The van der Waals surface area contributed by atoms with Crippen molar-refractivity contribution in [3.63, 3.8) is 0 Å². The van der Waals surface area contributed by atoms with Crippen LogP contribution in [0.25, 0.3) is 5.57 Å². The summed E-state index contributed by atoms with van der Waals surface area (Å²) in [7, 11) is 1.46. The van der Waals surface area contributed by atoms with Crippen LogP contribution in [0.4, 0.5) is 5.69 Å². The van der Waals surface area contributed by atoms with Gasteiger partial charge in [0.15, 0.2) is 24.1 Å². The Hall–Kier alpha value is -4.43. The molecule has 8 nitrogen and oxygen atoms in total. The van der Waals surface area contributed by atoms with E-state index in [1.165, 1.54) is 13.2 Å². The van der Waals surface area contributed by atoms with Gasteiger partial charge < -0.3 is 24.8 Å². The van der Waals surface area contributed by atoms with Crippen molar-refractivity contribution in [1.29, 1.82) is 0 Å². The van der Waals surface area contributed by atoms with E-state index in [0.29, 0.717) is 28.7 Å². The highest BCUT2D eigenvalue weighted by molar-refractivity contribution is 6.42. The Morgan fingerprint density at radius 2 is 1.68 bits per heavy atom. The van der Waals surface area contributed by atoms with E-state index < -0.39 is 12.8 Å². The Labute approximate surface area is 195 Å². The van der Waals surface area contributed by atoms with Crippen LogP contribution in [0.3, 0.4) is 0 Å². The summed E-state index contributed by atoms with van der Waals surface area (Å²) >= 11 is 0. The summed E-state index contributed by atoms with van der Waals surface area (Å²) in [6.07, 6.45) is 0. The van der Waals surface area contributed by atoms with Crippen LogP contribution < -0.4 is 9.47 Å². The number of aliphatic hydroxyl groups excluding tert-OH is 1. The molecule has 0 amide bonds. The highest BCUT2D eigenvalue weighted by atomic mass is 16.6. The van der Waals surface area contributed by atoms with Crippen molar-refractivity contribution in [1.82, 2.24) is 0 Å². The van der Waals surface area contributed by atoms with Gasteiger partial charge in [0.2, 0.25) is 0 Å². The van der Waals surface area contributed by atoms with Crippen LogP contribution in [0, 0.1) is 0 Å². The maximum atomic E-state index is 11.3. The molecule has 8 heteroatoms. The molecular weight excluding hydrogens is 436 g/mol. The lowest BCUT2D eigenvalue weighted by Gasteiger charge is -2.10. The topological polar surface area (TPSA) is 121 Å². The van der Waals surface area contributed by atoms with Crippen molar-refractivity contribution in [2.45, 2.75) is 6.92 Å². The molecule has 172 valence electrons. The van der Waals surface area contributed by atoms with Gasteiger partial charge in [0.05, 0.1) is 24.1 Å². The fourth-order valence-corrected chi connectivity index (χ4v) is 3.63. The number of phenols is 1. The lowest BCUT2D eigenvalue weighted by atomic mass is 9.93. The van der Waals surface area contributed by atoms with Gasteiger partial charge in [0.25, 0.3) is 0 Å². The first kappa shape index (κ1) is 22.8. The maximum Gasteiger partial charge on any atom is 0.335 e. The smallest absolute Gasteiger partial charge is 0.335 e. The van der Waals surface area contributed by atoms with E-state index in [9.17, 15) is 15.0 Å². The summed E-state index contributed by atoms with van der Waals surface area (Å²) in [5, 5.41) is 28.1. The summed E-state index contributed by atoms with van der Waals surface area (Å²) in [5.41, 5.74) is 4.63. The van der Waals surface area contributed by atoms with Gasteiger partial charge in [-0.15, -0.1) is 0 Å². The number of carbonyl (C=O) groups is 1. The number of allylic oxidation sites excluding steroid dienone is 1. The fourth-order valence-electron chi connectivity index (χ4n) is 3.63. The van der Waals surface area contributed by atoms with E-state index >= 15 is 0 Å². The van der Waals surface area contributed by atoms with Gasteiger partial charge in [-0.2, -0.15) is 0 Å². The van der Waals surface area contributed by atoms with Crippen LogP contribution >= 0.6 is 0 Å². The zero-order valence-electron chi connectivity index (χ0n) is 18.5. The molecule has 4 rings (SSSR count). The minimum Gasteiger partial charge on any atom is -0.504 e. The van der Waals surface area contributed by atoms with Gasteiger partial charge in [-0.3, -0.25) is 0 Å². The molecule has 0 saturated heterocycles. The summed E-state index contributed by atoms with van der Waals surface area (Å²) in [6, 6.07) is 18.5. The number of rotatable bonds is 7. The maximum absolute atomic E-state index is 11.3. The largest absolute Gasteiger partial charge is 0.504 e. The second-order valence-electron chi connectivity index (χ2n) is 7.43. The standard InChI is InChI=1S/C26H22N2O6/c1-15-23(16-3-5-18(6-4-16)26(31)32)24(17-7-10-20(11-8-17)34-14-29)28-25(15)27-19-9-12-21(30)22(13-19)33-2/h3-13,29-30H,14H2,1-2H3,(H,31,32). The normalized spacial score (nSPS) is 14.3. The number of aromatic carboxylic acids is 1. The minimum absolute atomic E-state index is 0.0127. The first-order chi connectivity index (χ1) is 16.4. The van der Waals surface area contributed by atoms with Crippen molar-refractivity contribution in [2.24, 2.45) is 9.98 Å². The van der Waals surface area contributed by atoms with Gasteiger partial charge >= 0.3 is 5.97 Å². The van der Waals surface area contributed by atoms with Crippen LogP contribution in [-0.4, -0.2) is 46.7 Å². The number of nitrogens with zero attached hydrogens (tertiary/aromatic N) is 2. The molecule has 1 aliphatic heterocycles. The number of methoxy groups -OCH3 is 1. The van der Waals surface area contributed by atoms with Gasteiger partial charge in [-0.25, -0.2) is 14.8 Å². The number of aromatic hydroxyl groups is 1. The Balaban J connectivity index is 1.83. The Bertz CT molecular complexity index is 1320. The molecular formula is C26H22N2O6. The number of hydrogen-bond acceptors (Lipinski definition) is 6. The quantitative estimate of drug-likeness (QED) is 0.450. The summed E-state index contributed by atoms with van der Waals surface area (Å²) < 4.78 is 10.3. The van der Waals surface area contributed by atoms with E-state index in [1.54, 1.807) is 48.5 Å². The summed E-state index contributed by atoms with van der Waals surface area (Å²) in [6.45, 7) is 1.48. The highest BCUT2D eigenvalue weighted by Gasteiger charge is 2.25. The van der Waals surface area contributed by atoms with Gasteiger partial charge in [0.1, 0.15) is 5.75 Å². The zero-order chi connectivity index (χ0) is 24.2. The second kappa shape index (κ2) is 9.60. The number of aliphatic imine (C=N–C) groups is 2. The van der Waals surface area contributed by atoms with Crippen molar-refractivity contribution < 1.29 is 29.6 Å². The van der Waals surface area contributed by atoms with Crippen molar-refractivity contribution in [2.75, 3.05) is 13.9 Å². The first-order valence-electron chi connectivity index (χ1n) is 10.3. The summed E-state index contributed by atoms with van der Waals surface area (Å²) in [5.74, 6) is 0.313. The third kappa shape index (κ3) is 4.53. The molecule has 1 heterocycles. The monoisotopic (exact) mass is 458 g/mol. The SMILES string of the molecule is COc1cc(N=C2N=C(c3ccc(OCO)cc3)C(c3ccc(C(=O)O)cc3)=C2C)ccc1O. The Morgan fingerprint density at radius 1 is 1.00 bits per heavy atom. The zero-order valence-corrected chi connectivity index (χ0v) is 18.5. The summed E-state index contributed by atoms with van der Waals surface area (Å²) in [4.78, 5) is 20.7. The molecule has 3 N–H and O–H groups in total. The second-order valence-corrected chi connectivity index (χ2v) is 7.43. The van der Waals surface area contributed by atoms with E-state index in [4.69, 9.17) is 19.6 Å². The average Bonchev–Trinajstić information content (AvgIpc) is 3.16. The molecule has 0 spiro atoms. The number of phenolic OH excluding ortho intramolecular Hbond substituents is 1. The molecule has 0 fully saturated rings. The molecule has 1 aliphatic rings. The molecule has 0 aromatic heterocycles. The van der Waals surface area contributed by atoms with Crippen LogP contribution in [0.15, 0.2) is 82.3 Å². The van der Waals surface area contributed by atoms with Crippen molar-refractivity contribution >= 4 is 28.8 Å². The molecule has 0 saturated carbocycles. The number of aliphatic hydroxyl groups is 1. The van der Waals surface area contributed by atoms with Crippen molar-refractivity contribution in [3.8, 4) is 17.2 Å². The number of carboxylic acid groups (broad SMARTS) is 1. The highest BCUT2D eigenvalue weighted by Crippen LogP contribution is 2.34. The number of carboxylic acids is 1. The van der Waals surface area contributed by atoms with Crippen LogP contribution in [-0.2, 0) is 0 Å². The predicted octanol–water partition coefficient (Wildman–Crippen LogP) is 4.43. The van der Waals surface area contributed by atoms with Crippen LogP contribution in [0.1, 0.15) is 28.4 Å². The molecule has 3 aromatic rings. The fraction of sp³-hybridized carbons (Fsp3) is 0.115. The van der Waals surface area contributed by atoms with Crippen LogP contribution in [0.2, 0.25) is 0 Å². The Morgan fingerprint density at radius 3 is 2.29 bits per heavy atom. The average molecular weight is 458 g/mol. The lowest BCUT2D eigenvalue weighted by Crippen LogP contribution is -2.04. The van der Waals surface area contributed by atoms with Crippen molar-refractivity contribution in [3.05, 3.63) is 89.0 Å². The predicted molar refractivity (Wildman–Crippen MR) is 128 cm³/mol. The van der Waals surface area contributed by atoms with E-state index in [1.807, 2.05) is 19.1 Å². The lowest BCUT2D eigenvalue weighted by molar-refractivity contribution is 0.0696. The number of amidine groups is 1. The molecule has 34 heavy (non-hydrogen) atoms. The first-order valence-corrected chi connectivity index (χ1v) is 10.3. The van der Waals surface area contributed by atoms with E-state index in [-0.39, 0.29) is 11.3 Å². The van der Waals surface area contributed by atoms with E-state index in [0.717, 1.165) is 22.3 Å². The van der Waals surface area contributed by atoms with Crippen LogP contribution in [0.5, 0.6) is 17.2 Å². The molecule has 0 aliphatic carbocycles. The number of ether oxygens (including phenoxy) is 2. The molecule has 0 radical (unpaired) electrons. The van der Waals surface area contributed by atoms with Gasteiger partial charge in [-0.1, -0.05) is 12.1 Å². The van der Waals surface area contributed by atoms with Gasteiger partial charge in [0, 0.05) is 22.8 Å². The Kier molecular flexibility index (Phi) is 6.42. The minimum atomic E-state index is -0.999. The number of benzene rings is 3. The molecule has 0 unspecified atom stereocenters. The third-order valence-electron chi connectivity index (χ3n) is 5.34.